The third-order valence-corrected chi connectivity index (χ3v) is 4.38. The Balaban J connectivity index is 1.89. The number of anilines is 1. The van der Waals surface area contributed by atoms with Gasteiger partial charge in [0.25, 0.3) is 0 Å². The van der Waals surface area contributed by atoms with E-state index in [0.29, 0.717) is 17.2 Å². The smallest absolute Gasteiger partial charge is 0.228 e. The second-order valence-corrected chi connectivity index (χ2v) is 6.95. The number of carbonyl (C=O) groups is 1. The number of nitrogens with one attached hydrogen (secondary N) is 1. The van der Waals surface area contributed by atoms with Crippen molar-refractivity contribution in [1.82, 2.24) is 9.97 Å². The average Bonchev–Trinajstić information content (AvgIpc) is 2.38. The number of halogens is 1. The highest BCUT2D eigenvalue weighted by Gasteiger charge is 2.32. The molecule has 0 aliphatic heterocycles. The van der Waals surface area contributed by atoms with Gasteiger partial charge in [-0.05, 0) is 54.7 Å². The van der Waals surface area contributed by atoms with Crippen molar-refractivity contribution in [2.24, 2.45) is 17.3 Å². The molecule has 4 nitrogen and oxygen atoms in total. The summed E-state index contributed by atoms with van der Waals surface area (Å²) >= 11 is 5.71. The molecule has 0 aromatic carbocycles. The van der Waals surface area contributed by atoms with Crippen LogP contribution in [0.25, 0.3) is 0 Å². The van der Waals surface area contributed by atoms with E-state index in [2.05, 4.69) is 36.1 Å². The summed E-state index contributed by atoms with van der Waals surface area (Å²) in [5.41, 5.74) is 0.335. The molecule has 1 saturated carbocycles. The fourth-order valence-electron chi connectivity index (χ4n) is 2.85. The monoisotopic (exact) mass is 295 g/mol. The zero-order valence-corrected chi connectivity index (χ0v) is 13.1. The van der Waals surface area contributed by atoms with E-state index in [1.807, 2.05) is 0 Å². The highest BCUT2D eigenvalue weighted by molar-refractivity contribution is 6.28. The standard InChI is InChI=1S/C15H22ClN3O/c1-15(2,3)11-6-4-10(5-7-11)13(20)18-12-8-9-17-14(16)19-12/h8-11H,4-7H2,1-3H3,(H,17,18,19,20). The van der Waals surface area contributed by atoms with Gasteiger partial charge in [0.1, 0.15) is 5.82 Å². The zero-order chi connectivity index (χ0) is 14.8. The van der Waals surface area contributed by atoms with Gasteiger partial charge >= 0.3 is 0 Å². The molecule has 110 valence electrons. The second kappa shape index (κ2) is 6.08. The lowest BCUT2D eigenvalue weighted by atomic mass is 9.70. The first kappa shape index (κ1) is 15.2. The third-order valence-electron chi connectivity index (χ3n) is 4.20. The Morgan fingerprint density at radius 2 is 1.95 bits per heavy atom. The van der Waals surface area contributed by atoms with Crippen molar-refractivity contribution in [2.45, 2.75) is 46.5 Å². The lowest BCUT2D eigenvalue weighted by Gasteiger charge is -2.36. The lowest BCUT2D eigenvalue weighted by molar-refractivity contribution is -0.121. The third kappa shape index (κ3) is 3.92. The van der Waals surface area contributed by atoms with Crippen molar-refractivity contribution in [2.75, 3.05) is 5.32 Å². The van der Waals surface area contributed by atoms with Crippen molar-refractivity contribution >= 4 is 23.3 Å². The summed E-state index contributed by atoms with van der Waals surface area (Å²) < 4.78 is 0. The molecule has 1 aliphatic carbocycles. The largest absolute Gasteiger partial charge is 0.310 e. The Kier molecular flexibility index (Phi) is 4.63. The SMILES string of the molecule is CC(C)(C)C1CCC(C(=O)Nc2ccnc(Cl)n2)CC1. The normalized spacial score (nSPS) is 23.4. The van der Waals surface area contributed by atoms with Crippen LogP contribution in [-0.4, -0.2) is 15.9 Å². The molecule has 2 rings (SSSR count). The van der Waals surface area contributed by atoms with Crippen molar-refractivity contribution in [1.29, 1.82) is 0 Å². The van der Waals surface area contributed by atoms with Gasteiger partial charge in [0.05, 0.1) is 0 Å². The molecule has 0 saturated heterocycles. The average molecular weight is 296 g/mol. The maximum Gasteiger partial charge on any atom is 0.228 e. The molecule has 1 fully saturated rings. The summed E-state index contributed by atoms with van der Waals surface area (Å²) in [7, 11) is 0. The Labute approximate surface area is 125 Å². The molecule has 5 heteroatoms. The zero-order valence-electron chi connectivity index (χ0n) is 12.3. The van der Waals surface area contributed by atoms with Gasteiger partial charge in [0, 0.05) is 12.1 Å². The van der Waals surface area contributed by atoms with E-state index < -0.39 is 0 Å². The van der Waals surface area contributed by atoms with Crippen LogP contribution in [-0.2, 0) is 4.79 Å². The molecule has 1 aromatic heterocycles. The number of hydrogen-bond acceptors (Lipinski definition) is 3. The number of amides is 1. The first-order valence-electron chi connectivity index (χ1n) is 7.15. The molecule has 1 N–H and O–H groups in total. The second-order valence-electron chi connectivity index (χ2n) is 6.61. The van der Waals surface area contributed by atoms with Crippen LogP contribution in [0.3, 0.4) is 0 Å². The van der Waals surface area contributed by atoms with Crippen molar-refractivity contribution in [3.8, 4) is 0 Å². The molecule has 0 atom stereocenters. The number of nitrogens with zero attached hydrogens (tertiary/aromatic N) is 2. The van der Waals surface area contributed by atoms with Crippen molar-refractivity contribution in [3.05, 3.63) is 17.5 Å². The molecule has 0 radical (unpaired) electrons. The lowest BCUT2D eigenvalue weighted by Crippen LogP contribution is -2.31. The quantitative estimate of drug-likeness (QED) is 0.841. The molecule has 1 amide bonds. The van der Waals surface area contributed by atoms with Gasteiger partial charge in [-0.3, -0.25) is 4.79 Å². The molecule has 0 spiro atoms. The maximum atomic E-state index is 12.2. The van der Waals surface area contributed by atoms with Gasteiger partial charge < -0.3 is 5.32 Å². The van der Waals surface area contributed by atoms with Gasteiger partial charge in [-0.15, -0.1) is 0 Å². The van der Waals surface area contributed by atoms with Crippen LogP contribution >= 0.6 is 11.6 Å². The molecular formula is C15H22ClN3O. The Morgan fingerprint density at radius 1 is 1.30 bits per heavy atom. The van der Waals surface area contributed by atoms with Crippen LogP contribution in [0.1, 0.15) is 46.5 Å². The van der Waals surface area contributed by atoms with Crippen LogP contribution in [0.5, 0.6) is 0 Å². The van der Waals surface area contributed by atoms with Gasteiger partial charge in [-0.1, -0.05) is 20.8 Å². The predicted molar refractivity (Wildman–Crippen MR) is 80.6 cm³/mol. The maximum absolute atomic E-state index is 12.2. The Hall–Kier alpha value is -1.16. The Morgan fingerprint density at radius 3 is 2.50 bits per heavy atom. The highest BCUT2D eigenvalue weighted by Crippen LogP contribution is 2.39. The van der Waals surface area contributed by atoms with Crippen LogP contribution in [0.15, 0.2) is 12.3 Å². The number of aromatic nitrogens is 2. The van der Waals surface area contributed by atoms with Gasteiger partial charge in [-0.2, -0.15) is 0 Å². The molecule has 1 aliphatic rings. The van der Waals surface area contributed by atoms with E-state index in [4.69, 9.17) is 11.6 Å². The molecule has 1 heterocycles. The summed E-state index contributed by atoms with van der Waals surface area (Å²) in [5.74, 6) is 1.32. The minimum Gasteiger partial charge on any atom is -0.310 e. The summed E-state index contributed by atoms with van der Waals surface area (Å²) in [5, 5.41) is 2.98. The fraction of sp³-hybridized carbons (Fsp3) is 0.667. The van der Waals surface area contributed by atoms with Crippen molar-refractivity contribution in [3.63, 3.8) is 0 Å². The summed E-state index contributed by atoms with van der Waals surface area (Å²) in [6, 6.07) is 1.66. The predicted octanol–water partition coefficient (Wildman–Crippen LogP) is 3.92. The number of carbonyl (C=O) groups excluding carboxylic acids is 1. The first-order chi connectivity index (χ1) is 9.36. The molecule has 20 heavy (non-hydrogen) atoms. The first-order valence-corrected chi connectivity index (χ1v) is 7.53. The van der Waals surface area contributed by atoms with Crippen LogP contribution < -0.4 is 5.32 Å². The summed E-state index contributed by atoms with van der Waals surface area (Å²) in [4.78, 5) is 20.0. The van der Waals surface area contributed by atoms with Crippen molar-refractivity contribution < 1.29 is 4.79 Å². The number of hydrogen-bond donors (Lipinski definition) is 1. The van der Waals surface area contributed by atoms with E-state index in [0.717, 1.165) is 25.7 Å². The number of rotatable bonds is 2. The molecule has 0 unspecified atom stereocenters. The highest BCUT2D eigenvalue weighted by atomic mass is 35.5. The van der Waals surface area contributed by atoms with E-state index in [1.54, 1.807) is 12.3 Å². The van der Waals surface area contributed by atoms with Gasteiger partial charge in [0.15, 0.2) is 0 Å². The van der Waals surface area contributed by atoms with E-state index >= 15 is 0 Å². The minimum atomic E-state index is 0.0483. The fourth-order valence-corrected chi connectivity index (χ4v) is 3.00. The van der Waals surface area contributed by atoms with E-state index in [-0.39, 0.29) is 17.1 Å². The molecular weight excluding hydrogens is 274 g/mol. The van der Waals surface area contributed by atoms with Crippen LogP contribution in [0.4, 0.5) is 5.82 Å². The summed E-state index contributed by atoms with van der Waals surface area (Å²) in [6.45, 7) is 6.84. The molecule has 1 aromatic rings. The van der Waals surface area contributed by atoms with Gasteiger partial charge in [0.2, 0.25) is 11.2 Å². The molecule has 0 bridgehead atoms. The van der Waals surface area contributed by atoms with E-state index in [1.165, 1.54) is 0 Å². The van der Waals surface area contributed by atoms with E-state index in [9.17, 15) is 4.79 Å². The Bertz CT molecular complexity index is 476. The topological polar surface area (TPSA) is 54.9 Å². The minimum absolute atomic E-state index is 0.0483. The van der Waals surface area contributed by atoms with Crippen LogP contribution in [0.2, 0.25) is 5.28 Å². The van der Waals surface area contributed by atoms with Gasteiger partial charge in [-0.25, -0.2) is 9.97 Å². The summed E-state index contributed by atoms with van der Waals surface area (Å²) in [6.07, 6.45) is 5.68. The van der Waals surface area contributed by atoms with Crippen LogP contribution in [0, 0.1) is 17.3 Å².